The van der Waals surface area contributed by atoms with Crippen molar-refractivity contribution < 1.29 is 4.39 Å². The lowest BCUT2D eigenvalue weighted by Gasteiger charge is -2.24. The fraction of sp³-hybridized carbons (Fsp3) is 0.250. The van der Waals surface area contributed by atoms with Gasteiger partial charge in [-0.25, -0.2) is 24.3 Å². The van der Waals surface area contributed by atoms with Crippen molar-refractivity contribution in [2.24, 2.45) is 5.73 Å². The van der Waals surface area contributed by atoms with Crippen molar-refractivity contribution >= 4 is 40.1 Å². The standard InChI is InChI=1S/C16H17ClFN7/c1-16(2,7-19)25-15-20-6-12-13(24-15)14(22-8-21-12)23-9-3-4-11(18)10(17)5-9/h3-6,8H,7,19H2,1-2H3,(H,20,24,25)(H,21,22,23). The van der Waals surface area contributed by atoms with Gasteiger partial charge in [0.25, 0.3) is 0 Å². The Hall–Kier alpha value is -2.58. The van der Waals surface area contributed by atoms with Gasteiger partial charge in [-0.2, -0.15) is 0 Å². The lowest BCUT2D eigenvalue weighted by atomic mass is 10.1. The second-order valence-electron chi connectivity index (χ2n) is 6.12. The van der Waals surface area contributed by atoms with Crippen LogP contribution in [-0.4, -0.2) is 32.0 Å². The van der Waals surface area contributed by atoms with Gasteiger partial charge in [-0.3, -0.25) is 0 Å². The van der Waals surface area contributed by atoms with Gasteiger partial charge in [-0.15, -0.1) is 0 Å². The van der Waals surface area contributed by atoms with Crippen molar-refractivity contribution in [3.63, 3.8) is 0 Å². The third-order valence-electron chi connectivity index (χ3n) is 3.52. The lowest BCUT2D eigenvalue weighted by molar-refractivity contribution is 0.574. The second-order valence-corrected chi connectivity index (χ2v) is 6.52. The Bertz CT molecular complexity index is 916. The summed E-state index contributed by atoms with van der Waals surface area (Å²) in [5.41, 5.74) is 7.04. The minimum atomic E-state index is -0.488. The Kier molecular flexibility index (Phi) is 4.65. The number of halogens is 2. The Labute approximate surface area is 148 Å². The number of aromatic nitrogens is 4. The van der Waals surface area contributed by atoms with E-state index in [0.717, 1.165) is 0 Å². The number of rotatable bonds is 5. The maximum absolute atomic E-state index is 13.3. The molecule has 1 aromatic carbocycles. The van der Waals surface area contributed by atoms with Gasteiger partial charge in [-0.05, 0) is 32.0 Å². The van der Waals surface area contributed by atoms with Gasteiger partial charge >= 0.3 is 0 Å². The summed E-state index contributed by atoms with van der Waals surface area (Å²) in [5.74, 6) is 0.388. The maximum atomic E-state index is 13.3. The molecular weight excluding hydrogens is 345 g/mol. The van der Waals surface area contributed by atoms with E-state index in [2.05, 4.69) is 30.6 Å². The summed E-state index contributed by atoms with van der Waals surface area (Å²) in [4.78, 5) is 17.1. The molecule has 0 radical (unpaired) electrons. The van der Waals surface area contributed by atoms with Gasteiger partial charge < -0.3 is 16.4 Å². The topological polar surface area (TPSA) is 102 Å². The largest absolute Gasteiger partial charge is 0.348 e. The van der Waals surface area contributed by atoms with E-state index in [1.807, 2.05) is 13.8 Å². The van der Waals surface area contributed by atoms with Crippen molar-refractivity contribution in [2.75, 3.05) is 17.2 Å². The summed E-state index contributed by atoms with van der Waals surface area (Å²) < 4.78 is 13.3. The number of benzene rings is 1. The molecule has 0 fully saturated rings. The summed E-state index contributed by atoms with van der Waals surface area (Å²) in [6.07, 6.45) is 3.00. The molecule has 0 spiro atoms. The molecule has 4 N–H and O–H groups in total. The first-order chi connectivity index (χ1) is 11.9. The van der Waals surface area contributed by atoms with Gasteiger partial charge in [-0.1, -0.05) is 11.6 Å². The highest BCUT2D eigenvalue weighted by molar-refractivity contribution is 6.31. The van der Waals surface area contributed by atoms with Gasteiger partial charge in [0.1, 0.15) is 23.2 Å². The van der Waals surface area contributed by atoms with Crippen LogP contribution in [0.4, 0.5) is 21.8 Å². The van der Waals surface area contributed by atoms with Crippen LogP contribution in [0.2, 0.25) is 5.02 Å². The first kappa shape index (κ1) is 17.2. The Balaban J connectivity index is 1.98. The molecule has 0 aliphatic heterocycles. The van der Waals surface area contributed by atoms with E-state index in [4.69, 9.17) is 17.3 Å². The summed E-state index contributed by atoms with van der Waals surface area (Å²) in [5, 5.41) is 6.26. The summed E-state index contributed by atoms with van der Waals surface area (Å²) >= 11 is 5.82. The molecule has 9 heteroatoms. The maximum Gasteiger partial charge on any atom is 0.223 e. The SMILES string of the molecule is CC(C)(CN)Nc1ncc2ncnc(Nc3ccc(F)c(Cl)c3)c2n1. The summed E-state index contributed by atoms with van der Waals surface area (Å²) in [6.45, 7) is 4.31. The Morgan fingerprint density at radius 2 is 2.04 bits per heavy atom. The number of anilines is 3. The zero-order chi connectivity index (χ0) is 18.0. The zero-order valence-corrected chi connectivity index (χ0v) is 14.5. The van der Waals surface area contributed by atoms with E-state index in [9.17, 15) is 4.39 Å². The number of nitrogens with two attached hydrogens (primary N) is 1. The number of nitrogens with one attached hydrogen (secondary N) is 2. The monoisotopic (exact) mass is 361 g/mol. The molecule has 25 heavy (non-hydrogen) atoms. The van der Waals surface area contributed by atoms with Crippen LogP contribution >= 0.6 is 11.6 Å². The smallest absolute Gasteiger partial charge is 0.223 e. The predicted octanol–water partition coefficient (Wildman–Crippen LogP) is 3.11. The molecular formula is C16H17ClFN7. The number of fused-ring (bicyclic) bond motifs is 1. The Morgan fingerprint density at radius 1 is 1.24 bits per heavy atom. The van der Waals surface area contributed by atoms with Crippen LogP contribution in [0.5, 0.6) is 0 Å². The van der Waals surface area contributed by atoms with Gasteiger partial charge in [0.15, 0.2) is 5.82 Å². The average Bonchev–Trinajstić information content (AvgIpc) is 2.58. The molecule has 2 heterocycles. The van der Waals surface area contributed by atoms with Gasteiger partial charge in [0.05, 0.1) is 11.2 Å². The highest BCUT2D eigenvalue weighted by Crippen LogP contribution is 2.25. The second kappa shape index (κ2) is 6.73. The lowest BCUT2D eigenvalue weighted by Crippen LogP contribution is -2.39. The normalized spacial score (nSPS) is 11.6. The van der Waals surface area contributed by atoms with Crippen LogP contribution in [-0.2, 0) is 0 Å². The van der Waals surface area contributed by atoms with E-state index in [0.29, 0.717) is 35.0 Å². The summed E-state index contributed by atoms with van der Waals surface area (Å²) in [7, 11) is 0. The van der Waals surface area contributed by atoms with E-state index in [1.165, 1.54) is 18.5 Å². The first-order valence-corrected chi connectivity index (χ1v) is 7.94. The highest BCUT2D eigenvalue weighted by atomic mass is 35.5. The average molecular weight is 362 g/mol. The number of hydrogen-bond donors (Lipinski definition) is 3. The van der Waals surface area contributed by atoms with Crippen molar-refractivity contribution in [2.45, 2.75) is 19.4 Å². The van der Waals surface area contributed by atoms with E-state index in [-0.39, 0.29) is 10.6 Å². The first-order valence-electron chi connectivity index (χ1n) is 7.56. The fourth-order valence-corrected chi connectivity index (χ4v) is 2.25. The molecule has 2 aromatic heterocycles. The van der Waals surface area contributed by atoms with Crippen LogP contribution in [0.1, 0.15) is 13.8 Å². The van der Waals surface area contributed by atoms with Crippen LogP contribution in [0.25, 0.3) is 11.0 Å². The van der Waals surface area contributed by atoms with Crippen LogP contribution in [0.15, 0.2) is 30.7 Å². The van der Waals surface area contributed by atoms with E-state index in [1.54, 1.807) is 12.3 Å². The zero-order valence-electron chi connectivity index (χ0n) is 13.7. The molecule has 0 aliphatic carbocycles. The third kappa shape index (κ3) is 3.92. The van der Waals surface area contributed by atoms with Gasteiger partial charge in [0.2, 0.25) is 5.95 Å². The molecule has 0 unspecified atom stereocenters. The number of hydrogen-bond acceptors (Lipinski definition) is 7. The molecule has 7 nitrogen and oxygen atoms in total. The van der Waals surface area contributed by atoms with Crippen molar-refractivity contribution in [1.82, 2.24) is 19.9 Å². The highest BCUT2D eigenvalue weighted by Gasteiger charge is 2.17. The summed E-state index contributed by atoms with van der Waals surface area (Å²) in [6, 6.07) is 4.32. The minimum Gasteiger partial charge on any atom is -0.348 e. The molecule has 3 aromatic rings. The van der Waals surface area contributed by atoms with Gasteiger partial charge in [0, 0.05) is 17.8 Å². The van der Waals surface area contributed by atoms with E-state index >= 15 is 0 Å². The molecule has 0 saturated carbocycles. The number of nitrogens with zero attached hydrogens (tertiary/aromatic N) is 4. The van der Waals surface area contributed by atoms with E-state index < -0.39 is 5.82 Å². The van der Waals surface area contributed by atoms with Crippen LogP contribution in [0.3, 0.4) is 0 Å². The molecule has 0 bridgehead atoms. The van der Waals surface area contributed by atoms with Crippen molar-refractivity contribution in [3.05, 3.63) is 41.6 Å². The molecule has 0 aliphatic rings. The Morgan fingerprint density at radius 3 is 2.76 bits per heavy atom. The molecule has 0 atom stereocenters. The molecule has 0 amide bonds. The third-order valence-corrected chi connectivity index (χ3v) is 3.81. The molecule has 130 valence electrons. The predicted molar refractivity (Wildman–Crippen MR) is 96.6 cm³/mol. The molecule has 0 saturated heterocycles. The van der Waals surface area contributed by atoms with Crippen LogP contribution in [0, 0.1) is 5.82 Å². The van der Waals surface area contributed by atoms with Crippen molar-refractivity contribution in [1.29, 1.82) is 0 Å². The van der Waals surface area contributed by atoms with Crippen molar-refractivity contribution in [3.8, 4) is 0 Å². The minimum absolute atomic E-state index is 0.0186. The fourth-order valence-electron chi connectivity index (χ4n) is 2.07. The molecule has 3 rings (SSSR count). The van der Waals surface area contributed by atoms with Crippen LogP contribution < -0.4 is 16.4 Å². The quantitative estimate of drug-likeness (QED) is 0.641.